The summed E-state index contributed by atoms with van der Waals surface area (Å²) >= 11 is 0. The van der Waals surface area contributed by atoms with Gasteiger partial charge in [-0.3, -0.25) is 4.99 Å². The summed E-state index contributed by atoms with van der Waals surface area (Å²) in [5, 5.41) is 0. The molecule has 1 aliphatic rings. The van der Waals surface area contributed by atoms with Crippen LogP contribution >= 0.6 is 0 Å². The SMILES string of the molecule is CCc1cccc(CC)c1/N=C(\C)c1cccc(C2=NC(Cc3ccccc3)CO2)n1. The number of aryl methyl sites for hydroxylation is 2. The molecular formula is C27H29N3O. The van der Waals surface area contributed by atoms with Crippen LogP contribution in [0.3, 0.4) is 0 Å². The van der Waals surface area contributed by atoms with Crippen molar-refractivity contribution < 1.29 is 4.74 Å². The van der Waals surface area contributed by atoms with E-state index in [-0.39, 0.29) is 6.04 Å². The standard InChI is InChI=1S/C27H29N3O/c1-4-21-13-9-14-22(5-2)26(21)28-19(3)24-15-10-16-25(30-24)27-29-23(18-31-27)17-20-11-7-6-8-12-20/h6-16,23H,4-5,17-18H2,1-3H3/b28-19+. The first-order chi connectivity index (χ1) is 15.2. The molecule has 4 heteroatoms. The van der Waals surface area contributed by atoms with Crippen LogP contribution in [-0.2, 0) is 24.0 Å². The number of hydrogen-bond donors (Lipinski definition) is 0. The van der Waals surface area contributed by atoms with Crippen molar-refractivity contribution in [3.8, 4) is 0 Å². The van der Waals surface area contributed by atoms with Crippen molar-refractivity contribution in [1.82, 2.24) is 4.98 Å². The zero-order valence-electron chi connectivity index (χ0n) is 18.5. The number of rotatable bonds is 7. The normalized spacial score (nSPS) is 16.2. The Labute approximate surface area is 184 Å². The minimum absolute atomic E-state index is 0.126. The van der Waals surface area contributed by atoms with Crippen LogP contribution in [0.4, 0.5) is 5.69 Å². The fourth-order valence-electron chi connectivity index (χ4n) is 3.89. The molecule has 2 heterocycles. The molecule has 0 spiro atoms. The number of benzene rings is 2. The van der Waals surface area contributed by atoms with Gasteiger partial charge in [-0.2, -0.15) is 0 Å². The minimum Gasteiger partial charge on any atom is -0.474 e. The second-order valence-corrected chi connectivity index (χ2v) is 7.83. The zero-order valence-corrected chi connectivity index (χ0v) is 18.5. The summed E-state index contributed by atoms with van der Waals surface area (Å²) in [5.41, 5.74) is 7.40. The lowest BCUT2D eigenvalue weighted by Gasteiger charge is -2.10. The lowest BCUT2D eigenvalue weighted by atomic mass is 10.0. The van der Waals surface area contributed by atoms with E-state index in [1.54, 1.807) is 0 Å². The highest BCUT2D eigenvalue weighted by molar-refractivity contribution is 6.00. The summed E-state index contributed by atoms with van der Waals surface area (Å²) in [4.78, 5) is 14.6. The molecule has 31 heavy (non-hydrogen) atoms. The lowest BCUT2D eigenvalue weighted by molar-refractivity contribution is 0.316. The second-order valence-electron chi connectivity index (χ2n) is 7.83. The fourth-order valence-corrected chi connectivity index (χ4v) is 3.89. The molecule has 1 unspecified atom stereocenters. The molecule has 0 bridgehead atoms. The van der Waals surface area contributed by atoms with Gasteiger partial charge in [0, 0.05) is 0 Å². The highest BCUT2D eigenvalue weighted by Gasteiger charge is 2.21. The predicted octanol–water partition coefficient (Wildman–Crippen LogP) is 5.74. The van der Waals surface area contributed by atoms with E-state index in [4.69, 9.17) is 19.7 Å². The van der Waals surface area contributed by atoms with Crippen molar-refractivity contribution >= 4 is 17.3 Å². The van der Waals surface area contributed by atoms with Crippen LogP contribution in [0.25, 0.3) is 0 Å². The van der Waals surface area contributed by atoms with Crippen LogP contribution in [0.1, 0.15) is 48.8 Å². The topological polar surface area (TPSA) is 46.8 Å². The number of hydrogen-bond acceptors (Lipinski definition) is 4. The average Bonchev–Trinajstić information content (AvgIpc) is 3.28. The van der Waals surface area contributed by atoms with Crippen molar-refractivity contribution in [2.75, 3.05) is 6.61 Å². The van der Waals surface area contributed by atoms with Crippen LogP contribution in [0, 0.1) is 0 Å². The third kappa shape index (κ3) is 4.91. The Morgan fingerprint density at radius 1 is 0.935 bits per heavy atom. The van der Waals surface area contributed by atoms with Crippen molar-refractivity contribution in [2.45, 2.75) is 46.1 Å². The summed E-state index contributed by atoms with van der Waals surface area (Å²) in [6.45, 7) is 6.95. The van der Waals surface area contributed by atoms with Crippen molar-refractivity contribution in [3.63, 3.8) is 0 Å². The van der Waals surface area contributed by atoms with Gasteiger partial charge in [0.05, 0.1) is 23.1 Å². The van der Waals surface area contributed by atoms with E-state index in [9.17, 15) is 0 Å². The van der Waals surface area contributed by atoms with Crippen molar-refractivity contribution in [2.24, 2.45) is 9.98 Å². The third-order valence-electron chi connectivity index (χ3n) is 5.61. The Morgan fingerprint density at radius 3 is 2.35 bits per heavy atom. The molecule has 0 fully saturated rings. The van der Waals surface area contributed by atoms with Gasteiger partial charge < -0.3 is 4.74 Å². The lowest BCUT2D eigenvalue weighted by Crippen LogP contribution is -2.10. The molecule has 0 radical (unpaired) electrons. The molecular weight excluding hydrogens is 382 g/mol. The largest absolute Gasteiger partial charge is 0.474 e. The van der Waals surface area contributed by atoms with E-state index in [1.807, 2.05) is 31.2 Å². The van der Waals surface area contributed by atoms with E-state index < -0.39 is 0 Å². The van der Waals surface area contributed by atoms with E-state index in [0.29, 0.717) is 12.5 Å². The maximum atomic E-state index is 5.90. The smallest absolute Gasteiger partial charge is 0.235 e. The van der Waals surface area contributed by atoms with Gasteiger partial charge in [-0.15, -0.1) is 0 Å². The van der Waals surface area contributed by atoms with Crippen molar-refractivity contribution in [1.29, 1.82) is 0 Å². The molecule has 0 saturated heterocycles. The third-order valence-corrected chi connectivity index (χ3v) is 5.61. The molecule has 1 aromatic heterocycles. The van der Waals surface area contributed by atoms with E-state index in [0.717, 1.165) is 42.0 Å². The maximum Gasteiger partial charge on any atom is 0.235 e. The summed E-state index contributed by atoms with van der Waals surface area (Å²) in [5.74, 6) is 0.624. The molecule has 4 rings (SSSR count). The van der Waals surface area contributed by atoms with Crippen LogP contribution in [0.2, 0.25) is 0 Å². The number of nitrogens with zero attached hydrogens (tertiary/aromatic N) is 3. The number of aliphatic imine (C=N–C) groups is 2. The summed E-state index contributed by atoms with van der Waals surface area (Å²) in [6.07, 6.45) is 2.79. The van der Waals surface area contributed by atoms with E-state index in [1.165, 1.54) is 16.7 Å². The maximum absolute atomic E-state index is 5.90. The Bertz CT molecular complexity index is 1080. The highest BCUT2D eigenvalue weighted by Crippen LogP contribution is 2.26. The Morgan fingerprint density at radius 2 is 1.65 bits per heavy atom. The van der Waals surface area contributed by atoms with Gasteiger partial charge in [0.1, 0.15) is 12.3 Å². The molecule has 0 aliphatic carbocycles. The Kier molecular flexibility index (Phi) is 6.56. The van der Waals surface area contributed by atoms with Gasteiger partial charge in [-0.25, -0.2) is 9.98 Å². The highest BCUT2D eigenvalue weighted by atomic mass is 16.5. The summed E-state index contributed by atoms with van der Waals surface area (Å²) in [7, 11) is 0. The van der Waals surface area contributed by atoms with Gasteiger partial charge in [-0.05, 0) is 55.0 Å². The van der Waals surface area contributed by atoms with Crippen molar-refractivity contribution in [3.05, 3.63) is 94.8 Å². The molecule has 2 aromatic carbocycles. The number of para-hydroxylation sites is 1. The van der Waals surface area contributed by atoms with Crippen LogP contribution in [0.15, 0.2) is 76.7 Å². The van der Waals surface area contributed by atoms with Crippen LogP contribution < -0.4 is 0 Å². The molecule has 3 aromatic rings. The Hall–Kier alpha value is -3.27. The number of pyridine rings is 1. The van der Waals surface area contributed by atoms with Crippen LogP contribution in [0.5, 0.6) is 0 Å². The first-order valence-electron chi connectivity index (χ1n) is 11.1. The van der Waals surface area contributed by atoms with Gasteiger partial charge in [0.2, 0.25) is 5.90 Å². The molecule has 0 N–H and O–H groups in total. The molecule has 0 amide bonds. The average molecular weight is 412 g/mol. The molecule has 0 saturated carbocycles. The monoisotopic (exact) mass is 411 g/mol. The van der Waals surface area contributed by atoms with Gasteiger partial charge in [-0.1, -0.05) is 68.4 Å². The number of aromatic nitrogens is 1. The minimum atomic E-state index is 0.126. The van der Waals surface area contributed by atoms with Crippen LogP contribution in [-0.4, -0.2) is 29.2 Å². The van der Waals surface area contributed by atoms with Gasteiger partial charge in [0.15, 0.2) is 0 Å². The first kappa shape index (κ1) is 21.0. The zero-order chi connectivity index (χ0) is 21.6. The number of ether oxygens (including phenoxy) is 1. The van der Waals surface area contributed by atoms with Gasteiger partial charge in [0.25, 0.3) is 0 Å². The fraction of sp³-hybridized carbons (Fsp3) is 0.296. The van der Waals surface area contributed by atoms with E-state index >= 15 is 0 Å². The summed E-state index contributed by atoms with van der Waals surface area (Å²) < 4.78 is 5.90. The molecule has 158 valence electrons. The summed E-state index contributed by atoms with van der Waals surface area (Å²) in [6, 6.07) is 22.9. The van der Waals surface area contributed by atoms with Gasteiger partial charge >= 0.3 is 0 Å². The molecule has 1 atom stereocenters. The van der Waals surface area contributed by atoms with E-state index in [2.05, 4.69) is 56.3 Å². The predicted molar refractivity (Wildman–Crippen MR) is 128 cm³/mol. The second kappa shape index (κ2) is 9.69. The molecule has 4 nitrogen and oxygen atoms in total. The Balaban J connectivity index is 1.58. The first-order valence-corrected chi connectivity index (χ1v) is 11.1. The molecule has 1 aliphatic heterocycles. The quantitative estimate of drug-likeness (QED) is 0.466.